The lowest BCUT2D eigenvalue weighted by Gasteiger charge is -2.25. The summed E-state index contributed by atoms with van der Waals surface area (Å²) in [7, 11) is 0. The van der Waals surface area contributed by atoms with E-state index in [-0.39, 0.29) is 5.69 Å². The lowest BCUT2D eigenvalue weighted by atomic mass is 10.2. The molecule has 0 bridgehead atoms. The zero-order chi connectivity index (χ0) is 20.8. The molecule has 4 rings (SSSR count). The van der Waals surface area contributed by atoms with Gasteiger partial charge >= 0.3 is 0 Å². The van der Waals surface area contributed by atoms with Crippen molar-refractivity contribution in [1.82, 2.24) is 0 Å². The van der Waals surface area contributed by atoms with Crippen molar-refractivity contribution in [3.05, 3.63) is 119 Å². The van der Waals surface area contributed by atoms with Crippen LogP contribution in [0.3, 0.4) is 0 Å². The van der Waals surface area contributed by atoms with Crippen molar-refractivity contribution < 1.29 is 4.92 Å². The number of anilines is 3. The molecule has 0 aromatic heterocycles. The highest BCUT2D eigenvalue weighted by atomic mass is 16.6. The van der Waals surface area contributed by atoms with Gasteiger partial charge in [0.1, 0.15) is 0 Å². The molecule has 0 amide bonds. The number of hydrogen-bond donors (Lipinski definition) is 0. The fraction of sp³-hybridized carbons (Fsp3) is 0. The van der Waals surface area contributed by atoms with E-state index >= 15 is 0 Å². The van der Waals surface area contributed by atoms with Crippen LogP contribution in [-0.2, 0) is 0 Å². The lowest BCUT2D eigenvalue weighted by molar-refractivity contribution is -0.384. The molecule has 4 aromatic rings. The van der Waals surface area contributed by atoms with Gasteiger partial charge < -0.3 is 4.90 Å². The van der Waals surface area contributed by atoms with Gasteiger partial charge in [-0.05, 0) is 60.7 Å². The van der Waals surface area contributed by atoms with Crippen LogP contribution < -0.4 is 4.90 Å². The molecule has 0 spiro atoms. The van der Waals surface area contributed by atoms with Crippen LogP contribution in [0.1, 0.15) is 0 Å². The van der Waals surface area contributed by atoms with Crippen LogP contribution in [0.25, 0.3) is 0 Å². The number of para-hydroxylation sites is 2. The Hall–Kier alpha value is -4.32. The van der Waals surface area contributed by atoms with E-state index in [0.717, 1.165) is 17.1 Å². The Morgan fingerprint density at radius 3 is 1.40 bits per heavy atom. The highest BCUT2D eigenvalue weighted by molar-refractivity contribution is 5.76. The first kappa shape index (κ1) is 19.0. The largest absolute Gasteiger partial charge is 0.311 e. The molecule has 0 unspecified atom stereocenters. The van der Waals surface area contributed by atoms with Crippen LogP contribution >= 0.6 is 0 Å². The molecule has 146 valence electrons. The molecule has 0 saturated heterocycles. The predicted octanol–water partition coefficient (Wildman–Crippen LogP) is 7.48. The molecule has 0 saturated carbocycles. The third-order valence-electron chi connectivity index (χ3n) is 4.48. The summed E-state index contributed by atoms with van der Waals surface area (Å²) in [6, 6.07) is 34.0. The van der Waals surface area contributed by atoms with Gasteiger partial charge in [0.25, 0.3) is 5.69 Å². The van der Waals surface area contributed by atoms with Crippen molar-refractivity contribution in [3.8, 4) is 0 Å². The summed E-state index contributed by atoms with van der Waals surface area (Å²) in [5.74, 6) is 0. The Morgan fingerprint density at radius 2 is 0.967 bits per heavy atom. The van der Waals surface area contributed by atoms with E-state index in [1.807, 2.05) is 60.7 Å². The third-order valence-corrected chi connectivity index (χ3v) is 4.48. The summed E-state index contributed by atoms with van der Waals surface area (Å²) in [6.07, 6.45) is 0. The molecule has 0 fully saturated rings. The molecule has 0 heterocycles. The Bertz CT molecular complexity index is 1100. The SMILES string of the molecule is O=[N+]([O-])c1ccc(/N=N/c2ccc(N(c3ccccc3)c3ccccc3)cc2)cc1. The number of nitro groups is 1. The van der Waals surface area contributed by atoms with E-state index in [1.54, 1.807) is 12.1 Å². The number of nitro benzene ring substituents is 1. The molecule has 0 atom stereocenters. The predicted molar refractivity (Wildman–Crippen MR) is 118 cm³/mol. The molecule has 0 aliphatic heterocycles. The molecule has 0 N–H and O–H groups in total. The Morgan fingerprint density at radius 1 is 0.567 bits per heavy atom. The Kier molecular flexibility index (Phi) is 5.57. The number of azo groups is 1. The van der Waals surface area contributed by atoms with E-state index < -0.39 is 4.92 Å². The summed E-state index contributed by atoms with van der Waals surface area (Å²) in [5, 5.41) is 19.1. The standard InChI is InChI=1S/C24H18N4O2/c29-28(30)24-17-13-20(14-18-24)26-25-19-11-15-23(16-12-19)27(21-7-3-1-4-8-21)22-9-5-2-6-10-22/h1-18H/b26-25+. The van der Waals surface area contributed by atoms with Crippen LogP contribution in [0.4, 0.5) is 34.1 Å². The second-order valence-electron chi connectivity index (χ2n) is 6.50. The van der Waals surface area contributed by atoms with Gasteiger partial charge in [0.2, 0.25) is 0 Å². The van der Waals surface area contributed by atoms with Crippen LogP contribution in [-0.4, -0.2) is 4.92 Å². The minimum Gasteiger partial charge on any atom is -0.311 e. The van der Waals surface area contributed by atoms with Crippen molar-refractivity contribution in [1.29, 1.82) is 0 Å². The lowest BCUT2D eigenvalue weighted by Crippen LogP contribution is -2.09. The third kappa shape index (κ3) is 4.39. The maximum absolute atomic E-state index is 10.7. The first-order valence-electron chi connectivity index (χ1n) is 9.37. The van der Waals surface area contributed by atoms with Crippen LogP contribution in [0, 0.1) is 10.1 Å². The van der Waals surface area contributed by atoms with Crippen LogP contribution in [0.5, 0.6) is 0 Å². The van der Waals surface area contributed by atoms with E-state index in [2.05, 4.69) is 39.4 Å². The molecular weight excluding hydrogens is 376 g/mol. The fourth-order valence-electron chi connectivity index (χ4n) is 3.03. The quantitative estimate of drug-likeness (QED) is 0.193. The molecule has 6 nitrogen and oxygen atoms in total. The molecule has 30 heavy (non-hydrogen) atoms. The summed E-state index contributed by atoms with van der Waals surface area (Å²) in [4.78, 5) is 12.5. The minimum atomic E-state index is -0.440. The smallest absolute Gasteiger partial charge is 0.269 e. The van der Waals surface area contributed by atoms with E-state index in [4.69, 9.17) is 0 Å². The maximum Gasteiger partial charge on any atom is 0.269 e. The Labute approximate surface area is 173 Å². The second kappa shape index (κ2) is 8.79. The molecule has 0 radical (unpaired) electrons. The molecule has 0 aliphatic carbocycles. The summed E-state index contributed by atoms with van der Waals surface area (Å²) in [6.45, 7) is 0. The van der Waals surface area contributed by atoms with Crippen molar-refractivity contribution >= 4 is 34.1 Å². The van der Waals surface area contributed by atoms with Gasteiger partial charge in [-0.1, -0.05) is 36.4 Å². The average Bonchev–Trinajstić information content (AvgIpc) is 2.80. The monoisotopic (exact) mass is 394 g/mol. The van der Waals surface area contributed by atoms with Gasteiger partial charge in [-0.25, -0.2) is 0 Å². The van der Waals surface area contributed by atoms with E-state index in [0.29, 0.717) is 11.4 Å². The van der Waals surface area contributed by atoms with Crippen LogP contribution in [0.15, 0.2) is 119 Å². The van der Waals surface area contributed by atoms with Gasteiger partial charge in [0.05, 0.1) is 16.3 Å². The zero-order valence-electron chi connectivity index (χ0n) is 16.0. The summed E-state index contributed by atoms with van der Waals surface area (Å²) >= 11 is 0. The van der Waals surface area contributed by atoms with Gasteiger partial charge in [0.15, 0.2) is 0 Å². The topological polar surface area (TPSA) is 71.1 Å². The summed E-state index contributed by atoms with van der Waals surface area (Å²) < 4.78 is 0. The van der Waals surface area contributed by atoms with Crippen molar-refractivity contribution in [2.45, 2.75) is 0 Å². The zero-order valence-corrected chi connectivity index (χ0v) is 16.0. The number of rotatable bonds is 6. The van der Waals surface area contributed by atoms with Crippen molar-refractivity contribution in [2.75, 3.05) is 4.90 Å². The van der Waals surface area contributed by atoms with Crippen LogP contribution in [0.2, 0.25) is 0 Å². The number of non-ortho nitro benzene ring substituents is 1. The van der Waals surface area contributed by atoms with Gasteiger partial charge in [-0.2, -0.15) is 10.2 Å². The Balaban J connectivity index is 1.58. The first-order chi connectivity index (χ1) is 14.7. The van der Waals surface area contributed by atoms with Crippen molar-refractivity contribution in [3.63, 3.8) is 0 Å². The fourth-order valence-corrected chi connectivity index (χ4v) is 3.03. The minimum absolute atomic E-state index is 0.0280. The number of nitrogens with zero attached hydrogens (tertiary/aromatic N) is 4. The maximum atomic E-state index is 10.7. The van der Waals surface area contributed by atoms with Gasteiger partial charge in [-0.3, -0.25) is 10.1 Å². The van der Waals surface area contributed by atoms with Gasteiger partial charge in [-0.15, -0.1) is 0 Å². The van der Waals surface area contributed by atoms with E-state index in [9.17, 15) is 10.1 Å². The normalized spacial score (nSPS) is 10.8. The second-order valence-corrected chi connectivity index (χ2v) is 6.50. The number of benzene rings is 4. The highest BCUT2D eigenvalue weighted by Crippen LogP contribution is 2.35. The average molecular weight is 394 g/mol. The first-order valence-corrected chi connectivity index (χ1v) is 9.37. The number of hydrogen-bond acceptors (Lipinski definition) is 5. The van der Waals surface area contributed by atoms with Gasteiger partial charge in [0, 0.05) is 29.2 Å². The summed E-state index contributed by atoms with van der Waals surface area (Å²) in [5.41, 5.74) is 4.40. The van der Waals surface area contributed by atoms with Crippen molar-refractivity contribution in [2.24, 2.45) is 10.2 Å². The molecule has 0 aliphatic rings. The molecule has 4 aromatic carbocycles. The highest BCUT2D eigenvalue weighted by Gasteiger charge is 2.11. The van der Waals surface area contributed by atoms with E-state index in [1.165, 1.54) is 12.1 Å². The molecular formula is C24H18N4O2. The molecule has 6 heteroatoms.